The first-order chi connectivity index (χ1) is 6.79. The molecule has 0 atom stereocenters. The fourth-order valence-corrected chi connectivity index (χ4v) is 1.10. The van der Waals surface area contributed by atoms with E-state index in [0.717, 1.165) is 5.52 Å². The summed E-state index contributed by atoms with van der Waals surface area (Å²) in [5, 5.41) is 2.52. The summed E-state index contributed by atoms with van der Waals surface area (Å²) in [6.07, 6.45) is 0.843. The Morgan fingerprint density at radius 3 is 3.21 bits per heavy atom. The molecule has 1 heterocycles. The first-order valence-corrected chi connectivity index (χ1v) is 3.98. The number of anilines is 1. The van der Waals surface area contributed by atoms with Crippen LogP contribution in [0.4, 0.5) is 10.5 Å². The van der Waals surface area contributed by atoms with Crippen LogP contribution in [0.5, 0.6) is 0 Å². The minimum atomic E-state index is -0.510. The molecule has 0 saturated heterocycles. The third-order valence-corrected chi connectivity index (χ3v) is 1.76. The van der Waals surface area contributed by atoms with Crippen molar-refractivity contribution in [1.82, 2.24) is 4.98 Å². The van der Waals surface area contributed by atoms with Gasteiger partial charge in [0.1, 0.15) is 5.52 Å². The van der Waals surface area contributed by atoms with Crippen molar-refractivity contribution in [3.8, 4) is 0 Å². The molecule has 0 radical (unpaired) electrons. The molecular formula is C9H8N2O3. The lowest BCUT2D eigenvalue weighted by atomic mass is 10.3. The van der Waals surface area contributed by atoms with Gasteiger partial charge in [0.15, 0.2) is 12.0 Å². The van der Waals surface area contributed by atoms with Crippen LogP contribution in [0.1, 0.15) is 0 Å². The molecule has 2 aromatic rings. The minimum absolute atomic E-state index is 0.510. The number of carbonyl (C=O) groups excluding carboxylic acids is 1. The average molecular weight is 192 g/mol. The quantitative estimate of drug-likeness (QED) is 0.750. The summed E-state index contributed by atoms with van der Waals surface area (Å²) in [5.41, 5.74) is 1.99. The number of nitrogens with one attached hydrogen (secondary N) is 1. The number of amides is 1. The second kappa shape index (κ2) is 3.37. The predicted octanol–water partition coefficient (Wildman–Crippen LogP) is 2.01. The average Bonchev–Trinajstić information content (AvgIpc) is 2.64. The lowest BCUT2D eigenvalue weighted by Crippen LogP contribution is -2.10. The number of aromatic nitrogens is 1. The molecule has 0 aliphatic heterocycles. The highest BCUT2D eigenvalue weighted by molar-refractivity contribution is 5.87. The molecule has 0 aliphatic rings. The van der Waals surface area contributed by atoms with E-state index < -0.39 is 6.09 Å². The van der Waals surface area contributed by atoms with Crippen LogP contribution in [-0.2, 0) is 4.74 Å². The highest BCUT2D eigenvalue weighted by Gasteiger charge is 2.03. The van der Waals surface area contributed by atoms with Crippen LogP contribution < -0.4 is 5.32 Å². The lowest BCUT2D eigenvalue weighted by Gasteiger charge is -2.01. The monoisotopic (exact) mass is 192 g/mol. The number of fused-ring (bicyclic) bond motifs is 1. The number of hydrogen-bond acceptors (Lipinski definition) is 4. The molecule has 0 spiro atoms. The van der Waals surface area contributed by atoms with Gasteiger partial charge in [-0.05, 0) is 12.1 Å². The van der Waals surface area contributed by atoms with Gasteiger partial charge in [-0.3, -0.25) is 5.32 Å². The van der Waals surface area contributed by atoms with Crippen LogP contribution in [0.25, 0.3) is 11.1 Å². The number of benzene rings is 1. The van der Waals surface area contributed by atoms with Gasteiger partial charge >= 0.3 is 6.09 Å². The normalized spacial score (nSPS) is 10.1. The van der Waals surface area contributed by atoms with Crippen molar-refractivity contribution in [3.63, 3.8) is 0 Å². The molecule has 5 nitrogen and oxygen atoms in total. The standard InChI is InChI=1S/C9H8N2O3/c1-13-9(12)11-6-2-3-7-8(4-6)14-5-10-7/h2-5H,1H3,(H,11,12). The van der Waals surface area contributed by atoms with Gasteiger partial charge in [-0.1, -0.05) is 0 Å². The van der Waals surface area contributed by atoms with E-state index >= 15 is 0 Å². The largest absolute Gasteiger partial charge is 0.453 e. The fraction of sp³-hybridized carbons (Fsp3) is 0.111. The Morgan fingerprint density at radius 2 is 2.43 bits per heavy atom. The summed E-state index contributed by atoms with van der Waals surface area (Å²) >= 11 is 0. The number of ether oxygens (including phenoxy) is 1. The molecule has 14 heavy (non-hydrogen) atoms. The van der Waals surface area contributed by atoms with E-state index in [1.165, 1.54) is 13.5 Å². The Morgan fingerprint density at radius 1 is 1.57 bits per heavy atom. The van der Waals surface area contributed by atoms with Crippen LogP contribution in [0.2, 0.25) is 0 Å². The molecule has 5 heteroatoms. The van der Waals surface area contributed by atoms with Gasteiger partial charge in [0.2, 0.25) is 0 Å². The lowest BCUT2D eigenvalue weighted by molar-refractivity contribution is 0.187. The SMILES string of the molecule is COC(=O)Nc1ccc2ncoc2c1. The smallest absolute Gasteiger partial charge is 0.411 e. The molecule has 0 aliphatic carbocycles. The van der Waals surface area contributed by atoms with Gasteiger partial charge in [-0.15, -0.1) is 0 Å². The molecule has 2 rings (SSSR count). The second-order valence-corrected chi connectivity index (χ2v) is 2.65. The van der Waals surface area contributed by atoms with Crippen molar-refractivity contribution < 1.29 is 13.9 Å². The molecule has 0 unspecified atom stereocenters. The summed E-state index contributed by atoms with van der Waals surface area (Å²) in [6, 6.07) is 5.16. The van der Waals surface area contributed by atoms with Gasteiger partial charge in [-0.2, -0.15) is 0 Å². The number of rotatable bonds is 1. The topological polar surface area (TPSA) is 64.4 Å². The molecule has 0 bridgehead atoms. The molecule has 0 saturated carbocycles. The van der Waals surface area contributed by atoms with Gasteiger partial charge in [0, 0.05) is 11.8 Å². The van der Waals surface area contributed by atoms with Crippen molar-refractivity contribution in [2.75, 3.05) is 12.4 Å². The van der Waals surface area contributed by atoms with E-state index in [2.05, 4.69) is 15.0 Å². The van der Waals surface area contributed by atoms with Crippen molar-refractivity contribution >= 4 is 22.9 Å². The van der Waals surface area contributed by atoms with Gasteiger partial charge in [0.05, 0.1) is 7.11 Å². The van der Waals surface area contributed by atoms with Crippen LogP contribution in [0, 0.1) is 0 Å². The first-order valence-electron chi connectivity index (χ1n) is 3.98. The van der Waals surface area contributed by atoms with E-state index in [-0.39, 0.29) is 0 Å². The highest BCUT2D eigenvalue weighted by Crippen LogP contribution is 2.17. The van der Waals surface area contributed by atoms with Crippen LogP contribution in [0.15, 0.2) is 29.0 Å². The Bertz CT molecular complexity index is 464. The molecular weight excluding hydrogens is 184 g/mol. The van der Waals surface area contributed by atoms with Gasteiger partial charge < -0.3 is 9.15 Å². The van der Waals surface area contributed by atoms with Crippen molar-refractivity contribution in [2.24, 2.45) is 0 Å². The molecule has 1 aromatic heterocycles. The summed E-state index contributed by atoms with van der Waals surface area (Å²) in [4.78, 5) is 14.8. The van der Waals surface area contributed by atoms with E-state index in [4.69, 9.17) is 4.42 Å². The zero-order valence-electron chi connectivity index (χ0n) is 7.48. The molecule has 1 N–H and O–H groups in total. The van der Waals surface area contributed by atoms with Gasteiger partial charge in [-0.25, -0.2) is 9.78 Å². The number of nitrogens with zero attached hydrogens (tertiary/aromatic N) is 1. The van der Waals surface area contributed by atoms with Crippen molar-refractivity contribution in [1.29, 1.82) is 0 Å². The fourth-order valence-electron chi connectivity index (χ4n) is 1.10. The maximum Gasteiger partial charge on any atom is 0.411 e. The summed E-state index contributed by atoms with van der Waals surface area (Å²) < 4.78 is 9.52. The Labute approximate surface area is 79.7 Å². The Kier molecular flexibility index (Phi) is 2.06. The predicted molar refractivity (Wildman–Crippen MR) is 50.0 cm³/mol. The highest BCUT2D eigenvalue weighted by atomic mass is 16.5. The number of carbonyl (C=O) groups is 1. The number of oxazole rings is 1. The summed E-state index contributed by atoms with van der Waals surface area (Å²) in [5.74, 6) is 0. The summed E-state index contributed by atoms with van der Waals surface area (Å²) in [7, 11) is 1.31. The zero-order valence-corrected chi connectivity index (χ0v) is 7.48. The molecule has 0 fully saturated rings. The van der Waals surface area contributed by atoms with Crippen LogP contribution in [0.3, 0.4) is 0 Å². The third kappa shape index (κ3) is 1.52. The van der Waals surface area contributed by atoms with Gasteiger partial charge in [0.25, 0.3) is 0 Å². The summed E-state index contributed by atoms with van der Waals surface area (Å²) in [6.45, 7) is 0. The number of hydrogen-bond donors (Lipinski definition) is 1. The molecule has 1 aromatic carbocycles. The molecule has 1 amide bonds. The van der Waals surface area contributed by atoms with E-state index in [1.54, 1.807) is 18.2 Å². The van der Waals surface area contributed by atoms with Crippen molar-refractivity contribution in [3.05, 3.63) is 24.6 Å². The van der Waals surface area contributed by atoms with E-state index in [9.17, 15) is 4.79 Å². The first kappa shape index (κ1) is 8.55. The van der Waals surface area contributed by atoms with Crippen LogP contribution >= 0.6 is 0 Å². The zero-order chi connectivity index (χ0) is 9.97. The maximum absolute atomic E-state index is 10.9. The van der Waals surface area contributed by atoms with E-state index in [1.807, 2.05) is 0 Å². The van der Waals surface area contributed by atoms with E-state index in [0.29, 0.717) is 11.3 Å². The minimum Gasteiger partial charge on any atom is -0.453 e. The third-order valence-electron chi connectivity index (χ3n) is 1.76. The Balaban J connectivity index is 2.30. The maximum atomic E-state index is 10.9. The molecule has 72 valence electrons. The number of methoxy groups -OCH3 is 1. The second-order valence-electron chi connectivity index (χ2n) is 2.65. The Hall–Kier alpha value is -2.04. The van der Waals surface area contributed by atoms with Crippen LogP contribution in [-0.4, -0.2) is 18.2 Å². The van der Waals surface area contributed by atoms with Crippen molar-refractivity contribution in [2.45, 2.75) is 0 Å².